The molecule has 3 aliphatic rings. The van der Waals surface area contributed by atoms with E-state index in [1.807, 2.05) is 31.2 Å². The van der Waals surface area contributed by atoms with Crippen LogP contribution < -0.4 is 9.64 Å². The highest BCUT2D eigenvalue weighted by atomic mass is 35.5. The van der Waals surface area contributed by atoms with Gasteiger partial charge in [0, 0.05) is 29.0 Å². The van der Waals surface area contributed by atoms with Crippen LogP contribution in [0.5, 0.6) is 5.75 Å². The average molecular weight is 641 g/mol. The molecule has 46 heavy (non-hydrogen) atoms. The van der Waals surface area contributed by atoms with Crippen molar-refractivity contribution in [2.24, 2.45) is 5.92 Å². The summed E-state index contributed by atoms with van der Waals surface area (Å²) in [5, 5.41) is 0.354. The minimum absolute atomic E-state index is 0.175. The van der Waals surface area contributed by atoms with Crippen LogP contribution >= 0.6 is 11.6 Å². The van der Waals surface area contributed by atoms with E-state index in [1.165, 1.54) is 21.3 Å². The SMILES string of the molecule is CCCCN1C(=O)[C@]2(c3cc(Cl)ccc31)C(C(=O)c1ccc(OC)cc1)C(C(=O)OC)=C(C(=O)OC)N1C=Cc3ccccc3[C@@H]12. The monoisotopic (exact) mass is 640 g/mol. The first-order chi connectivity index (χ1) is 22.2. The van der Waals surface area contributed by atoms with Gasteiger partial charge in [-0.05, 0) is 71.7 Å². The molecule has 3 atom stereocenters. The van der Waals surface area contributed by atoms with Crippen LogP contribution in [0, 0.1) is 5.92 Å². The number of carbonyl (C=O) groups excluding carboxylic acids is 4. The van der Waals surface area contributed by atoms with Crippen molar-refractivity contribution in [1.82, 2.24) is 4.90 Å². The predicted octanol–water partition coefficient (Wildman–Crippen LogP) is 5.87. The van der Waals surface area contributed by atoms with Gasteiger partial charge in [-0.3, -0.25) is 9.59 Å². The third kappa shape index (κ3) is 4.52. The first-order valence-electron chi connectivity index (χ1n) is 15.0. The lowest BCUT2D eigenvalue weighted by Crippen LogP contribution is -2.61. The average Bonchev–Trinajstić information content (AvgIpc) is 3.32. The number of methoxy groups -OCH3 is 3. The molecule has 1 amide bonds. The number of rotatable bonds is 8. The maximum atomic E-state index is 15.4. The molecule has 6 rings (SSSR count). The number of hydrogen-bond acceptors (Lipinski definition) is 8. The number of nitrogens with zero attached hydrogens (tertiary/aromatic N) is 2. The number of benzene rings is 3. The van der Waals surface area contributed by atoms with E-state index >= 15 is 9.59 Å². The number of carbonyl (C=O) groups is 4. The second kappa shape index (κ2) is 12.1. The fourth-order valence-corrected chi connectivity index (χ4v) is 7.31. The molecule has 0 aromatic heterocycles. The molecule has 0 fully saturated rings. The first-order valence-corrected chi connectivity index (χ1v) is 15.4. The second-order valence-electron chi connectivity index (χ2n) is 11.4. The molecular formula is C36H33ClN2O7. The third-order valence-electron chi connectivity index (χ3n) is 9.12. The molecule has 3 aliphatic heterocycles. The zero-order valence-corrected chi connectivity index (χ0v) is 26.7. The molecular weight excluding hydrogens is 608 g/mol. The van der Waals surface area contributed by atoms with Crippen molar-refractivity contribution in [2.45, 2.75) is 31.2 Å². The van der Waals surface area contributed by atoms with Crippen LogP contribution in [0.1, 0.15) is 52.9 Å². The highest BCUT2D eigenvalue weighted by molar-refractivity contribution is 6.31. The number of ketones is 1. The van der Waals surface area contributed by atoms with Crippen molar-refractivity contribution in [1.29, 1.82) is 0 Å². The summed E-state index contributed by atoms with van der Waals surface area (Å²) in [5.74, 6) is -3.70. The highest BCUT2D eigenvalue weighted by Crippen LogP contribution is 2.62. The van der Waals surface area contributed by atoms with Crippen LogP contribution in [0.4, 0.5) is 5.69 Å². The fourth-order valence-electron chi connectivity index (χ4n) is 7.14. The number of unbranched alkanes of at least 4 members (excludes halogenated alkanes) is 1. The van der Waals surface area contributed by atoms with Crippen LogP contribution in [-0.4, -0.2) is 56.4 Å². The largest absolute Gasteiger partial charge is 0.497 e. The molecule has 0 aliphatic carbocycles. The highest BCUT2D eigenvalue weighted by Gasteiger charge is 2.69. The number of amides is 1. The molecule has 10 heteroatoms. The fraction of sp³-hybridized carbons (Fsp3) is 0.278. The summed E-state index contributed by atoms with van der Waals surface area (Å²) in [7, 11) is 3.89. The molecule has 0 bridgehead atoms. The van der Waals surface area contributed by atoms with Gasteiger partial charge >= 0.3 is 11.9 Å². The number of Topliss-reactive ketones (excluding diaryl/α,β-unsaturated/α-hetero) is 1. The standard InChI is InChI=1S/C36H33ClN2O7/c1-5-6-18-38-27-16-13-23(37)20-26(27)36(35(38)43)29(31(40)22-11-14-24(44-2)15-12-22)28(33(41)45-3)30(34(42)46-4)39-19-17-21-9-7-8-10-25(21)32(36)39/h7-17,19-20,29,32H,5-6,18H2,1-4H3/t29?,32-,36-/m1/s1. The van der Waals surface area contributed by atoms with E-state index in [9.17, 15) is 9.59 Å². The van der Waals surface area contributed by atoms with Crippen LogP contribution in [0.15, 0.2) is 84.2 Å². The summed E-state index contributed by atoms with van der Waals surface area (Å²) < 4.78 is 15.8. The summed E-state index contributed by atoms with van der Waals surface area (Å²) in [6.07, 6.45) is 4.97. The van der Waals surface area contributed by atoms with Gasteiger partial charge < -0.3 is 24.0 Å². The first kappa shape index (κ1) is 31.1. The third-order valence-corrected chi connectivity index (χ3v) is 9.36. The smallest absolute Gasteiger partial charge is 0.355 e. The minimum Gasteiger partial charge on any atom is -0.497 e. The van der Waals surface area contributed by atoms with E-state index < -0.39 is 35.1 Å². The molecule has 3 heterocycles. The van der Waals surface area contributed by atoms with Crippen LogP contribution in [0.25, 0.3) is 6.08 Å². The Morgan fingerprint density at radius 2 is 1.65 bits per heavy atom. The Hall–Kier alpha value is -4.89. The summed E-state index contributed by atoms with van der Waals surface area (Å²) in [5.41, 5.74) is 0.580. The van der Waals surface area contributed by atoms with Gasteiger partial charge in [0.15, 0.2) is 5.78 Å². The zero-order chi connectivity index (χ0) is 32.7. The number of hydrogen-bond donors (Lipinski definition) is 0. The topological polar surface area (TPSA) is 102 Å². The summed E-state index contributed by atoms with van der Waals surface area (Å²) in [4.78, 5) is 61.5. The molecule has 236 valence electrons. The Labute approximate surface area is 272 Å². The van der Waals surface area contributed by atoms with Gasteiger partial charge in [-0.1, -0.05) is 49.2 Å². The van der Waals surface area contributed by atoms with Gasteiger partial charge in [0.1, 0.15) is 16.9 Å². The maximum Gasteiger partial charge on any atom is 0.355 e. The lowest BCUT2D eigenvalue weighted by molar-refractivity contribution is -0.144. The molecule has 1 spiro atoms. The van der Waals surface area contributed by atoms with Crippen LogP contribution in [0.2, 0.25) is 5.02 Å². The second-order valence-corrected chi connectivity index (χ2v) is 11.8. The van der Waals surface area contributed by atoms with Gasteiger partial charge in [0.05, 0.1) is 38.9 Å². The summed E-state index contributed by atoms with van der Waals surface area (Å²) >= 11 is 6.67. The number of anilines is 1. The van der Waals surface area contributed by atoms with E-state index in [2.05, 4.69) is 0 Å². The zero-order valence-electron chi connectivity index (χ0n) is 25.9. The Bertz CT molecular complexity index is 1810. The summed E-state index contributed by atoms with van der Waals surface area (Å²) in [6.45, 7) is 2.40. The van der Waals surface area contributed by atoms with Crippen molar-refractivity contribution in [3.8, 4) is 5.75 Å². The van der Waals surface area contributed by atoms with Gasteiger partial charge in [0.2, 0.25) is 5.91 Å². The predicted molar refractivity (Wildman–Crippen MR) is 172 cm³/mol. The Balaban J connectivity index is 1.79. The molecule has 3 aromatic carbocycles. The lowest BCUT2D eigenvalue weighted by Gasteiger charge is -2.52. The van der Waals surface area contributed by atoms with E-state index in [1.54, 1.807) is 64.5 Å². The molecule has 0 saturated heterocycles. The molecule has 1 unspecified atom stereocenters. The van der Waals surface area contributed by atoms with Crippen molar-refractivity contribution in [3.05, 3.63) is 111 Å². The Kier molecular flexibility index (Phi) is 8.20. The minimum atomic E-state index is -1.76. The van der Waals surface area contributed by atoms with Gasteiger partial charge in [-0.2, -0.15) is 0 Å². The van der Waals surface area contributed by atoms with Gasteiger partial charge in [-0.25, -0.2) is 9.59 Å². The normalized spacial score (nSPS) is 21.1. The van der Waals surface area contributed by atoms with Crippen molar-refractivity contribution < 1.29 is 33.4 Å². The molecule has 0 N–H and O–H groups in total. The molecule has 9 nitrogen and oxygen atoms in total. The Morgan fingerprint density at radius 3 is 2.33 bits per heavy atom. The molecule has 0 radical (unpaired) electrons. The Morgan fingerprint density at radius 1 is 0.935 bits per heavy atom. The van der Waals surface area contributed by atoms with Crippen LogP contribution in [-0.2, 0) is 29.3 Å². The van der Waals surface area contributed by atoms with E-state index in [4.69, 9.17) is 25.8 Å². The molecule has 3 aromatic rings. The van der Waals surface area contributed by atoms with Gasteiger partial charge in [0.25, 0.3) is 0 Å². The van der Waals surface area contributed by atoms with E-state index in [-0.39, 0.29) is 22.7 Å². The van der Waals surface area contributed by atoms with Gasteiger partial charge in [-0.15, -0.1) is 0 Å². The van der Waals surface area contributed by atoms with Crippen molar-refractivity contribution in [3.63, 3.8) is 0 Å². The molecule has 0 saturated carbocycles. The lowest BCUT2D eigenvalue weighted by atomic mass is 9.56. The summed E-state index contributed by atoms with van der Waals surface area (Å²) in [6, 6.07) is 18.2. The van der Waals surface area contributed by atoms with Crippen LogP contribution in [0.3, 0.4) is 0 Å². The van der Waals surface area contributed by atoms with Crippen molar-refractivity contribution in [2.75, 3.05) is 32.8 Å². The number of halogens is 1. The maximum absolute atomic E-state index is 15.4. The number of ether oxygens (including phenoxy) is 3. The number of esters is 2. The number of fused-ring (bicyclic) bond motifs is 6. The van der Waals surface area contributed by atoms with E-state index in [0.717, 1.165) is 12.0 Å². The quantitative estimate of drug-likeness (QED) is 0.222. The van der Waals surface area contributed by atoms with E-state index in [0.29, 0.717) is 40.6 Å². The van der Waals surface area contributed by atoms with Crippen molar-refractivity contribution >= 4 is 47.0 Å².